The van der Waals surface area contributed by atoms with Crippen LogP contribution < -0.4 is 5.32 Å². The quantitative estimate of drug-likeness (QED) is 0.473. The summed E-state index contributed by atoms with van der Waals surface area (Å²) >= 11 is 1.38. The maximum absolute atomic E-state index is 12.6. The molecule has 29 heavy (non-hydrogen) atoms. The van der Waals surface area contributed by atoms with Crippen LogP contribution in [0.25, 0.3) is 28.1 Å². The lowest BCUT2D eigenvalue weighted by Crippen LogP contribution is -2.12. The molecular formula is C22H15N5OS. The first-order chi connectivity index (χ1) is 14.3. The van der Waals surface area contributed by atoms with Crippen molar-refractivity contribution in [2.24, 2.45) is 0 Å². The Balaban J connectivity index is 1.65. The summed E-state index contributed by atoms with van der Waals surface area (Å²) in [5.74, 6) is 0.711. The summed E-state index contributed by atoms with van der Waals surface area (Å²) in [6, 6.07) is 23.1. The van der Waals surface area contributed by atoms with Crippen molar-refractivity contribution >= 4 is 34.1 Å². The van der Waals surface area contributed by atoms with E-state index in [2.05, 4.69) is 20.4 Å². The minimum Gasteiger partial charge on any atom is -0.304 e. The fraction of sp³-hybridized carbons (Fsp3) is 0. The highest BCUT2D eigenvalue weighted by molar-refractivity contribution is 7.12. The summed E-state index contributed by atoms with van der Waals surface area (Å²) in [7, 11) is 0. The fourth-order valence-corrected chi connectivity index (χ4v) is 3.63. The van der Waals surface area contributed by atoms with Crippen molar-refractivity contribution in [1.82, 2.24) is 19.7 Å². The standard InChI is InChI=1S/C22H15N5OS/c28-22(18-12-7-13-29-18)25-21-19-17(14-27(26-19)16-10-5-2-6-11-16)23-20(24-21)15-8-3-1-4-9-15/h1-14H,(H,23,24,25,28). The number of hydrogen-bond donors (Lipinski definition) is 1. The molecule has 0 aliphatic carbocycles. The third-order valence-corrected chi connectivity index (χ3v) is 5.26. The monoisotopic (exact) mass is 397 g/mol. The third kappa shape index (κ3) is 3.39. The minimum atomic E-state index is -0.215. The topological polar surface area (TPSA) is 72.7 Å². The SMILES string of the molecule is O=C(Nc1nc(-c2ccccc2)nc2cn(-c3ccccc3)nc12)c1cccs1. The van der Waals surface area contributed by atoms with Crippen LogP contribution in [0.2, 0.25) is 0 Å². The number of para-hydroxylation sites is 1. The van der Waals surface area contributed by atoms with E-state index in [1.54, 1.807) is 10.7 Å². The zero-order valence-corrected chi connectivity index (χ0v) is 16.0. The summed E-state index contributed by atoms with van der Waals surface area (Å²) in [5, 5.41) is 9.40. The molecule has 0 fully saturated rings. The van der Waals surface area contributed by atoms with Gasteiger partial charge in [-0.3, -0.25) is 4.79 Å². The van der Waals surface area contributed by atoms with Crippen molar-refractivity contribution in [3.8, 4) is 17.1 Å². The van der Waals surface area contributed by atoms with E-state index in [0.29, 0.717) is 27.6 Å². The Morgan fingerprint density at radius 2 is 1.66 bits per heavy atom. The number of nitrogens with zero attached hydrogens (tertiary/aromatic N) is 4. The summed E-state index contributed by atoms with van der Waals surface area (Å²) in [5.41, 5.74) is 2.97. The minimum absolute atomic E-state index is 0.215. The van der Waals surface area contributed by atoms with E-state index in [9.17, 15) is 4.79 Å². The van der Waals surface area contributed by atoms with E-state index in [1.165, 1.54) is 11.3 Å². The summed E-state index contributed by atoms with van der Waals surface area (Å²) in [6.45, 7) is 0. The number of anilines is 1. The third-order valence-electron chi connectivity index (χ3n) is 4.39. The zero-order valence-electron chi connectivity index (χ0n) is 15.2. The number of carbonyl (C=O) groups is 1. The molecule has 1 amide bonds. The van der Waals surface area contributed by atoms with Crippen molar-refractivity contribution < 1.29 is 4.79 Å². The molecule has 0 atom stereocenters. The second-order valence-electron chi connectivity index (χ2n) is 6.34. The molecule has 140 valence electrons. The molecule has 5 rings (SSSR count). The molecule has 2 aromatic carbocycles. The van der Waals surface area contributed by atoms with Gasteiger partial charge in [-0.1, -0.05) is 54.6 Å². The van der Waals surface area contributed by atoms with Crippen LogP contribution in [0.3, 0.4) is 0 Å². The number of benzene rings is 2. The largest absolute Gasteiger partial charge is 0.304 e. The summed E-state index contributed by atoms with van der Waals surface area (Å²) in [4.78, 5) is 22.6. The number of nitrogens with one attached hydrogen (secondary N) is 1. The Kier molecular flexibility index (Phi) is 4.34. The molecule has 5 aromatic rings. The van der Waals surface area contributed by atoms with E-state index in [-0.39, 0.29) is 5.91 Å². The van der Waals surface area contributed by atoms with Gasteiger partial charge in [0.1, 0.15) is 5.52 Å². The average molecular weight is 397 g/mol. The van der Waals surface area contributed by atoms with Gasteiger partial charge in [0.2, 0.25) is 0 Å². The molecule has 0 unspecified atom stereocenters. The lowest BCUT2D eigenvalue weighted by atomic mass is 10.2. The Morgan fingerprint density at radius 3 is 2.38 bits per heavy atom. The number of aromatic nitrogens is 4. The average Bonchev–Trinajstić information content (AvgIpc) is 3.45. The first kappa shape index (κ1) is 17.3. The molecule has 0 aliphatic rings. The number of fused-ring (bicyclic) bond motifs is 1. The van der Waals surface area contributed by atoms with Crippen molar-refractivity contribution in [3.05, 3.63) is 89.3 Å². The van der Waals surface area contributed by atoms with Gasteiger partial charge < -0.3 is 5.32 Å². The Bertz CT molecular complexity index is 1280. The van der Waals surface area contributed by atoms with E-state index < -0.39 is 0 Å². The van der Waals surface area contributed by atoms with Crippen LogP contribution in [0.4, 0.5) is 5.82 Å². The molecule has 0 saturated carbocycles. The lowest BCUT2D eigenvalue weighted by molar-refractivity contribution is 0.103. The zero-order chi connectivity index (χ0) is 19.6. The predicted molar refractivity (Wildman–Crippen MR) is 114 cm³/mol. The van der Waals surface area contributed by atoms with Crippen LogP contribution in [0.1, 0.15) is 9.67 Å². The number of carbonyl (C=O) groups excluding carboxylic acids is 1. The van der Waals surface area contributed by atoms with Gasteiger partial charge >= 0.3 is 0 Å². The van der Waals surface area contributed by atoms with Crippen molar-refractivity contribution in [2.45, 2.75) is 0 Å². The maximum Gasteiger partial charge on any atom is 0.266 e. The molecule has 7 heteroatoms. The molecular weight excluding hydrogens is 382 g/mol. The number of hydrogen-bond acceptors (Lipinski definition) is 5. The van der Waals surface area contributed by atoms with Crippen LogP contribution in [-0.4, -0.2) is 25.7 Å². The number of amides is 1. The molecule has 3 heterocycles. The molecule has 3 aromatic heterocycles. The van der Waals surface area contributed by atoms with Crippen molar-refractivity contribution in [3.63, 3.8) is 0 Å². The van der Waals surface area contributed by atoms with Gasteiger partial charge in [0, 0.05) is 5.56 Å². The molecule has 0 saturated heterocycles. The molecule has 0 aliphatic heterocycles. The highest BCUT2D eigenvalue weighted by atomic mass is 32.1. The lowest BCUT2D eigenvalue weighted by Gasteiger charge is -2.06. The van der Waals surface area contributed by atoms with Crippen LogP contribution in [0.5, 0.6) is 0 Å². The molecule has 0 spiro atoms. The van der Waals surface area contributed by atoms with Gasteiger partial charge in [0.15, 0.2) is 17.2 Å². The summed E-state index contributed by atoms with van der Waals surface area (Å²) in [6.07, 6.45) is 1.85. The molecule has 0 radical (unpaired) electrons. The van der Waals surface area contributed by atoms with Crippen LogP contribution in [-0.2, 0) is 0 Å². The first-order valence-electron chi connectivity index (χ1n) is 9.01. The Labute approximate surface area is 170 Å². The van der Waals surface area contributed by atoms with Crippen LogP contribution in [0.15, 0.2) is 84.4 Å². The molecule has 0 bridgehead atoms. The van der Waals surface area contributed by atoms with Gasteiger partial charge in [-0.15, -0.1) is 11.3 Å². The first-order valence-corrected chi connectivity index (χ1v) is 9.89. The van der Waals surface area contributed by atoms with E-state index in [0.717, 1.165) is 11.3 Å². The number of thiophene rings is 1. The van der Waals surface area contributed by atoms with E-state index in [4.69, 9.17) is 0 Å². The predicted octanol–water partition coefficient (Wildman–Crippen LogP) is 4.80. The second-order valence-corrected chi connectivity index (χ2v) is 7.28. The highest BCUT2D eigenvalue weighted by Gasteiger charge is 2.17. The fourth-order valence-electron chi connectivity index (χ4n) is 3.01. The van der Waals surface area contributed by atoms with Crippen LogP contribution in [0, 0.1) is 0 Å². The van der Waals surface area contributed by atoms with Gasteiger partial charge in [-0.05, 0) is 23.6 Å². The molecule has 1 N–H and O–H groups in total. The van der Waals surface area contributed by atoms with Crippen LogP contribution >= 0.6 is 11.3 Å². The molecule has 6 nitrogen and oxygen atoms in total. The summed E-state index contributed by atoms with van der Waals surface area (Å²) < 4.78 is 1.74. The van der Waals surface area contributed by atoms with Gasteiger partial charge in [-0.25, -0.2) is 14.6 Å². The van der Waals surface area contributed by atoms with E-state index in [1.807, 2.05) is 78.3 Å². The van der Waals surface area contributed by atoms with Crippen molar-refractivity contribution in [2.75, 3.05) is 5.32 Å². The van der Waals surface area contributed by atoms with Crippen molar-refractivity contribution in [1.29, 1.82) is 0 Å². The van der Waals surface area contributed by atoms with Gasteiger partial charge in [0.25, 0.3) is 5.91 Å². The second kappa shape index (κ2) is 7.29. The highest BCUT2D eigenvalue weighted by Crippen LogP contribution is 2.26. The number of rotatable bonds is 4. The Hall–Kier alpha value is -3.84. The van der Waals surface area contributed by atoms with Gasteiger partial charge in [0.05, 0.1) is 16.8 Å². The maximum atomic E-state index is 12.6. The van der Waals surface area contributed by atoms with E-state index >= 15 is 0 Å². The smallest absolute Gasteiger partial charge is 0.266 e. The Morgan fingerprint density at radius 1 is 0.897 bits per heavy atom. The van der Waals surface area contributed by atoms with Gasteiger partial charge in [-0.2, -0.15) is 5.10 Å². The normalized spacial score (nSPS) is 10.9.